The van der Waals surface area contributed by atoms with Crippen molar-refractivity contribution in [3.8, 4) is 0 Å². The molecular formula is C22H35IN6. The molecule has 1 aliphatic carbocycles. The Bertz CT molecular complexity index is 811. The molecule has 3 heterocycles. The quantitative estimate of drug-likeness (QED) is 0.356. The highest BCUT2D eigenvalue weighted by Crippen LogP contribution is 2.26. The van der Waals surface area contributed by atoms with E-state index in [1.165, 1.54) is 44.2 Å². The number of nitrogens with zero attached hydrogens (tertiary/aromatic N) is 4. The Morgan fingerprint density at radius 1 is 1.28 bits per heavy atom. The van der Waals surface area contributed by atoms with Crippen LogP contribution >= 0.6 is 24.0 Å². The van der Waals surface area contributed by atoms with Crippen molar-refractivity contribution in [2.45, 2.75) is 64.5 Å². The van der Waals surface area contributed by atoms with Gasteiger partial charge in [-0.25, -0.2) is 4.98 Å². The highest BCUT2D eigenvalue weighted by molar-refractivity contribution is 14.0. The van der Waals surface area contributed by atoms with Gasteiger partial charge in [-0.15, -0.1) is 24.0 Å². The number of guanidine groups is 1. The summed E-state index contributed by atoms with van der Waals surface area (Å²) in [5.74, 6) is 0.945. The number of halogens is 1. The molecule has 1 unspecified atom stereocenters. The van der Waals surface area contributed by atoms with Gasteiger partial charge in [0.2, 0.25) is 0 Å². The minimum atomic E-state index is 0. The van der Waals surface area contributed by atoms with Crippen LogP contribution in [0.5, 0.6) is 0 Å². The van der Waals surface area contributed by atoms with Gasteiger partial charge in [0.1, 0.15) is 5.65 Å². The molecule has 2 N–H and O–H groups in total. The maximum atomic E-state index is 4.81. The monoisotopic (exact) mass is 510 g/mol. The van der Waals surface area contributed by atoms with Gasteiger partial charge in [-0.1, -0.05) is 18.9 Å². The van der Waals surface area contributed by atoms with Gasteiger partial charge < -0.3 is 15.0 Å². The minimum Gasteiger partial charge on any atom is -0.357 e. The fourth-order valence-corrected chi connectivity index (χ4v) is 4.63. The zero-order valence-corrected chi connectivity index (χ0v) is 20.1. The minimum absolute atomic E-state index is 0. The van der Waals surface area contributed by atoms with Crippen LogP contribution in [0.3, 0.4) is 0 Å². The van der Waals surface area contributed by atoms with E-state index < -0.39 is 0 Å². The summed E-state index contributed by atoms with van der Waals surface area (Å²) in [7, 11) is 0. The summed E-state index contributed by atoms with van der Waals surface area (Å²) in [4.78, 5) is 12.3. The average molecular weight is 510 g/mol. The zero-order valence-electron chi connectivity index (χ0n) is 17.7. The summed E-state index contributed by atoms with van der Waals surface area (Å²) in [5.41, 5.74) is 3.35. The Morgan fingerprint density at radius 3 is 2.86 bits per heavy atom. The molecule has 1 saturated heterocycles. The molecule has 2 fully saturated rings. The molecule has 0 spiro atoms. The summed E-state index contributed by atoms with van der Waals surface area (Å²) in [6.45, 7) is 8.24. The number of aryl methyl sites for hydroxylation is 1. The Morgan fingerprint density at radius 2 is 2.10 bits per heavy atom. The van der Waals surface area contributed by atoms with Crippen LogP contribution in [0.15, 0.2) is 29.5 Å². The van der Waals surface area contributed by atoms with Crippen molar-refractivity contribution >= 4 is 35.6 Å². The van der Waals surface area contributed by atoms with Crippen LogP contribution in [-0.4, -0.2) is 58.5 Å². The third kappa shape index (κ3) is 5.63. The van der Waals surface area contributed by atoms with Gasteiger partial charge in [0.25, 0.3) is 0 Å². The fraction of sp³-hybridized carbons (Fsp3) is 0.636. The van der Waals surface area contributed by atoms with Crippen LogP contribution < -0.4 is 10.6 Å². The number of fused-ring (bicyclic) bond motifs is 1. The number of imidazole rings is 1. The third-order valence-electron chi connectivity index (χ3n) is 6.11. The number of hydrogen-bond donors (Lipinski definition) is 2. The van der Waals surface area contributed by atoms with Gasteiger partial charge in [0.15, 0.2) is 5.96 Å². The molecule has 7 heteroatoms. The van der Waals surface area contributed by atoms with Crippen LogP contribution in [0.2, 0.25) is 0 Å². The number of nitrogens with one attached hydrogen (secondary N) is 2. The van der Waals surface area contributed by atoms with Crippen molar-refractivity contribution in [3.63, 3.8) is 0 Å². The van der Waals surface area contributed by atoms with Gasteiger partial charge in [0.05, 0.1) is 5.69 Å². The second-order valence-electron chi connectivity index (χ2n) is 8.23. The maximum Gasteiger partial charge on any atom is 0.191 e. The van der Waals surface area contributed by atoms with Crippen LogP contribution in [0.4, 0.5) is 0 Å². The zero-order chi connectivity index (χ0) is 19.3. The van der Waals surface area contributed by atoms with E-state index in [0.29, 0.717) is 6.04 Å². The second kappa shape index (κ2) is 10.6. The van der Waals surface area contributed by atoms with Crippen LogP contribution in [0, 0.1) is 6.92 Å². The van der Waals surface area contributed by atoms with E-state index in [4.69, 9.17) is 9.98 Å². The predicted octanol–water partition coefficient (Wildman–Crippen LogP) is 3.38. The molecule has 2 aromatic rings. The molecule has 0 aromatic carbocycles. The molecule has 0 radical (unpaired) electrons. The standard InChI is InChI=1S/C22H34N6.HI/c1-3-23-22(26-19-11-14-27(15-19)20-8-4-5-9-20)24-12-10-18-16-28-13-6-7-17(2)21(28)25-18;/h6-7,13,16,19-20H,3-5,8-12,14-15H2,1-2H3,(H2,23,24,26);1H. The highest BCUT2D eigenvalue weighted by Gasteiger charge is 2.30. The number of aromatic nitrogens is 2. The largest absolute Gasteiger partial charge is 0.357 e. The lowest BCUT2D eigenvalue weighted by molar-refractivity contribution is 0.242. The van der Waals surface area contributed by atoms with Gasteiger partial charge in [-0.2, -0.15) is 0 Å². The number of aliphatic imine (C=N–C) groups is 1. The van der Waals surface area contributed by atoms with E-state index in [9.17, 15) is 0 Å². The highest BCUT2D eigenvalue weighted by atomic mass is 127. The Balaban J connectivity index is 0.00000240. The lowest BCUT2D eigenvalue weighted by atomic mass is 10.2. The van der Waals surface area contributed by atoms with Crippen molar-refractivity contribution in [2.24, 2.45) is 4.99 Å². The normalized spacial score (nSPS) is 20.9. The topological polar surface area (TPSA) is 57.0 Å². The smallest absolute Gasteiger partial charge is 0.191 e. The van der Waals surface area contributed by atoms with E-state index in [1.54, 1.807) is 0 Å². The van der Waals surface area contributed by atoms with Gasteiger partial charge in [-0.05, 0) is 44.7 Å². The molecule has 1 atom stereocenters. The molecule has 29 heavy (non-hydrogen) atoms. The van der Waals surface area contributed by atoms with E-state index in [-0.39, 0.29) is 24.0 Å². The third-order valence-corrected chi connectivity index (χ3v) is 6.11. The van der Waals surface area contributed by atoms with Crippen molar-refractivity contribution in [2.75, 3.05) is 26.2 Å². The lowest BCUT2D eigenvalue weighted by Gasteiger charge is -2.24. The Hall–Kier alpha value is -1.35. The molecule has 6 nitrogen and oxygen atoms in total. The number of hydrogen-bond acceptors (Lipinski definition) is 3. The molecule has 1 aliphatic heterocycles. The lowest BCUT2D eigenvalue weighted by Crippen LogP contribution is -2.45. The first kappa shape index (κ1) is 22.3. The summed E-state index contributed by atoms with van der Waals surface area (Å²) in [6.07, 6.45) is 11.8. The first-order valence-corrected chi connectivity index (χ1v) is 10.9. The molecule has 2 aliphatic rings. The van der Waals surface area contributed by atoms with Crippen LogP contribution in [0.1, 0.15) is 50.3 Å². The second-order valence-corrected chi connectivity index (χ2v) is 8.23. The molecule has 4 rings (SSSR count). The van der Waals surface area contributed by atoms with E-state index in [1.807, 2.05) is 0 Å². The fourth-order valence-electron chi connectivity index (χ4n) is 4.63. The first-order valence-electron chi connectivity index (χ1n) is 10.9. The van der Waals surface area contributed by atoms with Crippen molar-refractivity contribution in [3.05, 3.63) is 35.8 Å². The Labute approximate surface area is 191 Å². The number of rotatable bonds is 6. The SMILES string of the molecule is CCNC(=NCCc1cn2cccc(C)c2n1)NC1CCN(C2CCCC2)C1.I. The summed E-state index contributed by atoms with van der Waals surface area (Å²) < 4.78 is 2.11. The average Bonchev–Trinajstić information content (AvgIpc) is 3.42. The van der Waals surface area contributed by atoms with E-state index >= 15 is 0 Å². The maximum absolute atomic E-state index is 4.81. The van der Waals surface area contributed by atoms with E-state index in [2.05, 4.69) is 58.3 Å². The molecule has 2 aromatic heterocycles. The van der Waals surface area contributed by atoms with Crippen molar-refractivity contribution < 1.29 is 0 Å². The summed E-state index contributed by atoms with van der Waals surface area (Å²) in [5, 5.41) is 7.07. The number of likely N-dealkylation sites (tertiary alicyclic amines) is 1. The molecule has 0 bridgehead atoms. The molecule has 160 valence electrons. The summed E-state index contributed by atoms with van der Waals surface area (Å²) >= 11 is 0. The van der Waals surface area contributed by atoms with Crippen LogP contribution in [-0.2, 0) is 6.42 Å². The molecule has 1 saturated carbocycles. The van der Waals surface area contributed by atoms with E-state index in [0.717, 1.165) is 49.4 Å². The first-order chi connectivity index (χ1) is 13.7. The van der Waals surface area contributed by atoms with Crippen LogP contribution in [0.25, 0.3) is 5.65 Å². The number of pyridine rings is 1. The van der Waals surface area contributed by atoms with Gasteiger partial charge in [0, 0.05) is 57.1 Å². The predicted molar refractivity (Wildman–Crippen MR) is 130 cm³/mol. The van der Waals surface area contributed by atoms with Gasteiger partial charge >= 0.3 is 0 Å². The van der Waals surface area contributed by atoms with Gasteiger partial charge in [-0.3, -0.25) is 9.89 Å². The summed E-state index contributed by atoms with van der Waals surface area (Å²) in [6, 6.07) is 5.50. The Kier molecular flexibility index (Phi) is 8.17. The molecule has 0 amide bonds. The molecular weight excluding hydrogens is 475 g/mol. The van der Waals surface area contributed by atoms with Crippen molar-refractivity contribution in [1.82, 2.24) is 24.9 Å². The van der Waals surface area contributed by atoms with Crippen molar-refractivity contribution in [1.29, 1.82) is 0 Å².